The van der Waals surface area contributed by atoms with Gasteiger partial charge in [0, 0.05) is 18.9 Å². The van der Waals surface area contributed by atoms with Gasteiger partial charge in [0.05, 0.1) is 29.2 Å². The van der Waals surface area contributed by atoms with Crippen LogP contribution in [-0.2, 0) is 21.9 Å². The molecular weight excluding hydrogens is 326 g/mol. The SMILES string of the molecule is COCCOc1ccnc(C[S+]([O-])n2cnc3ccccc32)c1C. The third-order valence-corrected chi connectivity index (χ3v) is 4.95. The highest BCUT2D eigenvalue weighted by molar-refractivity contribution is 7.89. The fourth-order valence-electron chi connectivity index (χ4n) is 2.38. The monoisotopic (exact) mass is 345 g/mol. The number of hydrogen-bond donors (Lipinski definition) is 0. The fraction of sp³-hybridized carbons (Fsp3) is 0.294. The van der Waals surface area contributed by atoms with E-state index in [9.17, 15) is 4.55 Å². The van der Waals surface area contributed by atoms with Crippen molar-refractivity contribution in [3.05, 3.63) is 54.1 Å². The summed E-state index contributed by atoms with van der Waals surface area (Å²) >= 11 is -1.29. The van der Waals surface area contributed by atoms with Gasteiger partial charge in [0.15, 0.2) is 5.75 Å². The van der Waals surface area contributed by atoms with Gasteiger partial charge in [0.2, 0.25) is 0 Å². The Morgan fingerprint density at radius 2 is 2.00 bits per heavy atom. The van der Waals surface area contributed by atoms with Crippen molar-refractivity contribution in [1.82, 2.24) is 13.9 Å². The summed E-state index contributed by atoms with van der Waals surface area (Å²) in [4.78, 5) is 8.64. The van der Waals surface area contributed by atoms with Gasteiger partial charge in [0.25, 0.3) is 0 Å². The highest BCUT2D eigenvalue weighted by atomic mass is 32.2. The van der Waals surface area contributed by atoms with E-state index in [4.69, 9.17) is 9.47 Å². The van der Waals surface area contributed by atoms with Crippen LogP contribution in [0.15, 0.2) is 42.9 Å². The van der Waals surface area contributed by atoms with Gasteiger partial charge in [-0.25, -0.2) is 4.98 Å². The van der Waals surface area contributed by atoms with Crippen molar-refractivity contribution in [2.24, 2.45) is 0 Å². The second-order valence-electron chi connectivity index (χ2n) is 5.25. The van der Waals surface area contributed by atoms with E-state index in [1.165, 1.54) is 0 Å². The lowest BCUT2D eigenvalue weighted by Crippen LogP contribution is -2.16. The first kappa shape index (κ1) is 16.8. The van der Waals surface area contributed by atoms with E-state index in [1.807, 2.05) is 37.3 Å². The molecule has 0 amide bonds. The molecule has 0 aliphatic heterocycles. The van der Waals surface area contributed by atoms with Crippen LogP contribution in [-0.4, -0.2) is 38.8 Å². The lowest BCUT2D eigenvalue weighted by atomic mass is 10.2. The highest BCUT2D eigenvalue weighted by Gasteiger charge is 2.18. The number of hydrogen-bond acceptors (Lipinski definition) is 5. The molecular formula is C17H19N3O3S. The Morgan fingerprint density at radius 1 is 1.17 bits per heavy atom. The number of imidazole rings is 1. The van der Waals surface area contributed by atoms with E-state index >= 15 is 0 Å². The van der Waals surface area contributed by atoms with E-state index in [0.29, 0.717) is 19.0 Å². The minimum atomic E-state index is -1.29. The molecule has 1 aromatic carbocycles. The van der Waals surface area contributed by atoms with Crippen LogP contribution in [0.4, 0.5) is 0 Å². The number of pyridine rings is 1. The fourth-order valence-corrected chi connectivity index (χ4v) is 3.57. The predicted octanol–water partition coefficient (Wildman–Crippen LogP) is 2.48. The summed E-state index contributed by atoms with van der Waals surface area (Å²) in [5, 5.41) is 0. The van der Waals surface area contributed by atoms with Crippen LogP contribution in [0.3, 0.4) is 0 Å². The van der Waals surface area contributed by atoms with Crippen LogP contribution in [0.1, 0.15) is 11.3 Å². The quantitative estimate of drug-likeness (QED) is 0.486. The number of rotatable bonds is 7. The summed E-state index contributed by atoms with van der Waals surface area (Å²) in [6.07, 6.45) is 3.28. The molecule has 6 nitrogen and oxygen atoms in total. The van der Waals surface area contributed by atoms with Gasteiger partial charge < -0.3 is 14.0 Å². The van der Waals surface area contributed by atoms with E-state index < -0.39 is 11.4 Å². The molecule has 0 saturated heterocycles. The number of benzene rings is 1. The molecule has 0 bridgehead atoms. The van der Waals surface area contributed by atoms with E-state index in [-0.39, 0.29) is 0 Å². The molecule has 0 fully saturated rings. The van der Waals surface area contributed by atoms with Crippen LogP contribution in [0.25, 0.3) is 11.0 Å². The summed E-state index contributed by atoms with van der Waals surface area (Å²) in [5.74, 6) is 1.04. The standard InChI is InChI=1S/C17H19N3O3S/c1-13-15(18-8-7-17(13)23-10-9-22-2)11-24(21)20-12-19-14-5-3-4-6-16(14)20/h3-8,12H,9-11H2,1-2H3. The van der Waals surface area contributed by atoms with Crippen LogP contribution in [0, 0.1) is 6.92 Å². The zero-order valence-corrected chi connectivity index (χ0v) is 14.5. The molecule has 1 atom stereocenters. The van der Waals surface area contributed by atoms with Gasteiger partial charge in [0.1, 0.15) is 24.2 Å². The summed E-state index contributed by atoms with van der Waals surface area (Å²) < 4.78 is 25.1. The van der Waals surface area contributed by atoms with Crippen molar-refractivity contribution in [3.63, 3.8) is 0 Å². The number of methoxy groups -OCH3 is 1. The lowest BCUT2D eigenvalue weighted by molar-refractivity contribution is 0.146. The maximum absolute atomic E-state index is 12.7. The van der Waals surface area contributed by atoms with E-state index in [0.717, 1.165) is 28.0 Å². The maximum atomic E-state index is 12.7. The van der Waals surface area contributed by atoms with Crippen molar-refractivity contribution in [2.75, 3.05) is 20.3 Å². The van der Waals surface area contributed by atoms with Gasteiger partial charge in [-0.15, -0.1) is 0 Å². The molecule has 7 heteroatoms. The second-order valence-corrected chi connectivity index (χ2v) is 6.57. The molecule has 0 radical (unpaired) electrons. The van der Waals surface area contributed by atoms with Gasteiger partial charge in [-0.05, 0) is 25.1 Å². The van der Waals surface area contributed by atoms with Crippen molar-refractivity contribution in [1.29, 1.82) is 0 Å². The van der Waals surface area contributed by atoms with Crippen molar-refractivity contribution in [2.45, 2.75) is 12.7 Å². The maximum Gasteiger partial charge on any atom is 0.173 e. The molecule has 2 heterocycles. The van der Waals surface area contributed by atoms with Crippen LogP contribution < -0.4 is 4.74 Å². The molecule has 24 heavy (non-hydrogen) atoms. The zero-order valence-electron chi connectivity index (χ0n) is 13.6. The minimum absolute atomic E-state index is 0.299. The summed E-state index contributed by atoms with van der Waals surface area (Å²) in [5.41, 5.74) is 3.32. The molecule has 1 unspecified atom stereocenters. The number of ether oxygens (including phenoxy) is 2. The first-order chi connectivity index (χ1) is 11.7. The third kappa shape index (κ3) is 3.53. The Hall–Kier alpha value is -2.09. The molecule has 3 aromatic rings. The number of fused-ring (bicyclic) bond motifs is 1. The summed E-state index contributed by atoms with van der Waals surface area (Å²) in [6.45, 7) is 2.91. The Balaban J connectivity index is 1.79. The second kappa shape index (κ2) is 7.65. The van der Waals surface area contributed by atoms with Crippen LogP contribution >= 0.6 is 0 Å². The van der Waals surface area contributed by atoms with Crippen molar-refractivity contribution in [3.8, 4) is 5.75 Å². The first-order valence-corrected chi connectivity index (χ1v) is 8.85. The smallest absolute Gasteiger partial charge is 0.173 e. The normalized spacial score (nSPS) is 12.5. The molecule has 3 rings (SSSR count). The lowest BCUT2D eigenvalue weighted by Gasteiger charge is -2.14. The Morgan fingerprint density at radius 3 is 2.83 bits per heavy atom. The van der Waals surface area contributed by atoms with Crippen molar-refractivity contribution < 1.29 is 14.0 Å². The average molecular weight is 345 g/mol. The molecule has 0 aliphatic carbocycles. The van der Waals surface area contributed by atoms with Gasteiger partial charge in [-0.1, -0.05) is 12.1 Å². The molecule has 0 N–H and O–H groups in total. The third-order valence-electron chi connectivity index (χ3n) is 3.70. The van der Waals surface area contributed by atoms with Gasteiger partial charge >= 0.3 is 0 Å². The largest absolute Gasteiger partial charge is 0.592 e. The van der Waals surface area contributed by atoms with Crippen LogP contribution in [0.2, 0.25) is 0 Å². The highest BCUT2D eigenvalue weighted by Crippen LogP contribution is 2.23. The summed E-state index contributed by atoms with van der Waals surface area (Å²) in [7, 11) is 1.63. The average Bonchev–Trinajstić information content (AvgIpc) is 3.02. The zero-order chi connectivity index (χ0) is 16.9. The van der Waals surface area contributed by atoms with Gasteiger partial charge in [-0.2, -0.15) is 3.97 Å². The van der Waals surface area contributed by atoms with E-state index in [1.54, 1.807) is 23.6 Å². The predicted molar refractivity (Wildman–Crippen MR) is 93.3 cm³/mol. The Bertz CT molecular complexity index is 822. The van der Waals surface area contributed by atoms with E-state index in [2.05, 4.69) is 9.97 Å². The molecule has 2 aromatic heterocycles. The molecule has 0 saturated carbocycles. The number of aromatic nitrogens is 3. The van der Waals surface area contributed by atoms with Crippen LogP contribution in [0.5, 0.6) is 5.75 Å². The van der Waals surface area contributed by atoms with Gasteiger partial charge in [-0.3, -0.25) is 4.98 Å². The van der Waals surface area contributed by atoms with Crippen molar-refractivity contribution >= 4 is 22.4 Å². The molecule has 0 aliphatic rings. The number of para-hydroxylation sites is 2. The first-order valence-electron chi connectivity index (χ1n) is 7.58. The Labute approximate surface area is 143 Å². The minimum Gasteiger partial charge on any atom is -0.592 e. The number of nitrogens with zero attached hydrogens (tertiary/aromatic N) is 3. The Kier molecular flexibility index (Phi) is 5.34. The molecule has 126 valence electrons. The topological polar surface area (TPSA) is 72.2 Å². The molecule has 0 spiro atoms. The summed E-state index contributed by atoms with van der Waals surface area (Å²) in [6, 6.07) is 9.44.